The lowest BCUT2D eigenvalue weighted by atomic mass is 10.1. The molecule has 0 atom stereocenters. The highest BCUT2D eigenvalue weighted by Crippen LogP contribution is 2.26. The molecule has 0 spiro atoms. The second-order valence-electron chi connectivity index (χ2n) is 4.45. The number of anilines is 1. The normalized spacial score (nSPS) is 10.1. The van der Waals surface area contributed by atoms with Gasteiger partial charge in [-0.2, -0.15) is 0 Å². The molecule has 0 bridgehead atoms. The van der Waals surface area contributed by atoms with Crippen molar-refractivity contribution in [3.8, 4) is 5.88 Å². The number of hydrogen-bond acceptors (Lipinski definition) is 5. The fraction of sp³-hybridized carbons (Fsp3) is 0.200. The van der Waals surface area contributed by atoms with Crippen molar-refractivity contribution in [2.45, 2.75) is 13.8 Å². The maximum absolute atomic E-state index is 12.3. The van der Waals surface area contributed by atoms with Gasteiger partial charge in [0.1, 0.15) is 5.56 Å². The van der Waals surface area contributed by atoms with E-state index in [-0.39, 0.29) is 17.1 Å². The second-order valence-corrected chi connectivity index (χ2v) is 4.45. The van der Waals surface area contributed by atoms with E-state index in [4.69, 9.17) is 4.74 Å². The second kappa shape index (κ2) is 6.66. The molecule has 1 aromatic heterocycles. The van der Waals surface area contributed by atoms with Crippen LogP contribution in [0.5, 0.6) is 5.88 Å². The number of amides is 1. The smallest absolute Gasteiger partial charge is 0.274 e. The highest BCUT2D eigenvalue weighted by Gasteiger charge is 2.18. The molecular weight excluding hydrogens is 286 g/mol. The third-order valence-corrected chi connectivity index (χ3v) is 3.05. The Kier molecular flexibility index (Phi) is 4.67. The largest absolute Gasteiger partial charge is 0.477 e. The molecule has 0 aliphatic heterocycles. The van der Waals surface area contributed by atoms with Gasteiger partial charge in [0.15, 0.2) is 0 Å². The molecule has 1 heterocycles. The number of nitro groups is 1. The third kappa shape index (κ3) is 3.20. The number of ether oxygens (including phenoxy) is 1. The minimum atomic E-state index is -0.485. The van der Waals surface area contributed by atoms with Crippen LogP contribution >= 0.6 is 0 Å². The number of rotatable bonds is 5. The number of nitro benzene ring substituents is 1. The van der Waals surface area contributed by atoms with Crippen LogP contribution in [0, 0.1) is 17.0 Å². The zero-order chi connectivity index (χ0) is 16.1. The van der Waals surface area contributed by atoms with E-state index in [1.165, 1.54) is 18.3 Å². The molecule has 1 amide bonds. The summed E-state index contributed by atoms with van der Waals surface area (Å²) in [5.74, 6) is -0.203. The first kappa shape index (κ1) is 15.4. The Morgan fingerprint density at radius 1 is 1.36 bits per heavy atom. The topological polar surface area (TPSA) is 94.4 Å². The summed E-state index contributed by atoms with van der Waals surface area (Å²) in [4.78, 5) is 26.8. The summed E-state index contributed by atoms with van der Waals surface area (Å²) in [6.45, 7) is 3.76. The average molecular weight is 301 g/mol. The fourth-order valence-electron chi connectivity index (χ4n) is 1.96. The van der Waals surface area contributed by atoms with Crippen molar-refractivity contribution in [3.05, 3.63) is 57.8 Å². The molecule has 0 aliphatic rings. The van der Waals surface area contributed by atoms with Gasteiger partial charge in [0, 0.05) is 12.3 Å². The SMILES string of the molecule is CCOc1ncccc1C(=O)Nc1cccc([N+](=O)[O-])c1C. The van der Waals surface area contributed by atoms with Gasteiger partial charge in [-0.15, -0.1) is 0 Å². The van der Waals surface area contributed by atoms with Crippen molar-refractivity contribution in [2.24, 2.45) is 0 Å². The van der Waals surface area contributed by atoms with Gasteiger partial charge in [0.2, 0.25) is 5.88 Å². The molecule has 7 heteroatoms. The fourth-order valence-corrected chi connectivity index (χ4v) is 1.96. The van der Waals surface area contributed by atoms with E-state index in [0.717, 1.165) is 0 Å². The first-order valence-electron chi connectivity index (χ1n) is 6.67. The zero-order valence-corrected chi connectivity index (χ0v) is 12.2. The lowest BCUT2D eigenvalue weighted by Gasteiger charge is -2.11. The molecule has 0 fully saturated rings. The number of aromatic nitrogens is 1. The summed E-state index contributed by atoms with van der Waals surface area (Å²) < 4.78 is 5.31. The lowest BCUT2D eigenvalue weighted by molar-refractivity contribution is -0.385. The lowest BCUT2D eigenvalue weighted by Crippen LogP contribution is -2.15. The van der Waals surface area contributed by atoms with Gasteiger partial charge in [0.05, 0.1) is 22.8 Å². The monoisotopic (exact) mass is 301 g/mol. The van der Waals surface area contributed by atoms with E-state index in [1.807, 2.05) is 0 Å². The van der Waals surface area contributed by atoms with Gasteiger partial charge < -0.3 is 10.1 Å². The Bertz CT molecular complexity index is 716. The van der Waals surface area contributed by atoms with Crippen LogP contribution in [0.1, 0.15) is 22.8 Å². The molecule has 0 aliphatic carbocycles. The first-order valence-corrected chi connectivity index (χ1v) is 6.67. The highest BCUT2D eigenvalue weighted by molar-refractivity contribution is 6.06. The van der Waals surface area contributed by atoms with Gasteiger partial charge in [-0.1, -0.05) is 6.07 Å². The van der Waals surface area contributed by atoms with Crippen LogP contribution in [0.4, 0.5) is 11.4 Å². The Balaban J connectivity index is 2.30. The predicted octanol–water partition coefficient (Wildman–Crippen LogP) is 2.95. The van der Waals surface area contributed by atoms with Crippen LogP contribution in [-0.4, -0.2) is 22.4 Å². The van der Waals surface area contributed by atoms with Crippen molar-refractivity contribution >= 4 is 17.3 Å². The Hall–Kier alpha value is -2.96. The van der Waals surface area contributed by atoms with E-state index in [0.29, 0.717) is 17.9 Å². The number of pyridine rings is 1. The third-order valence-electron chi connectivity index (χ3n) is 3.05. The summed E-state index contributed by atoms with van der Waals surface area (Å²) in [5.41, 5.74) is 0.998. The van der Waals surface area contributed by atoms with Crippen molar-refractivity contribution in [2.75, 3.05) is 11.9 Å². The Morgan fingerprint density at radius 3 is 2.82 bits per heavy atom. The molecule has 2 rings (SSSR count). The Morgan fingerprint density at radius 2 is 2.14 bits per heavy atom. The van der Waals surface area contributed by atoms with Gasteiger partial charge in [0.25, 0.3) is 11.6 Å². The van der Waals surface area contributed by atoms with Crippen molar-refractivity contribution in [3.63, 3.8) is 0 Å². The number of hydrogen-bond donors (Lipinski definition) is 1. The van der Waals surface area contributed by atoms with Gasteiger partial charge in [-0.3, -0.25) is 14.9 Å². The van der Waals surface area contributed by atoms with E-state index < -0.39 is 10.8 Å². The molecular formula is C15H15N3O4. The molecule has 1 aromatic carbocycles. The zero-order valence-electron chi connectivity index (χ0n) is 12.2. The van der Waals surface area contributed by atoms with Crippen molar-refractivity contribution < 1.29 is 14.5 Å². The van der Waals surface area contributed by atoms with Crippen molar-refractivity contribution in [1.82, 2.24) is 4.98 Å². The minimum Gasteiger partial charge on any atom is -0.477 e. The van der Waals surface area contributed by atoms with Crippen LogP contribution in [0.3, 0.4) is 0 Å². The van der Waals surface area contributed by atoms with E-state index in [2.05, 4.69) is 10.3 Å². The molecule has 7 nitrogen and oxygen atoms in total. The van der Waals surface area contributed by atoms with E-state index in [9.17, 15) is 14.9 Å². The standard InChI is InChI=1S/C15H15N3O4/c1-3-22-15-11(6-5-9-16-15)14(19)17-12-7-4-8-13(10(12)2)18(20)21/h4-9H,3H2,1-2H3,(H,17,19). The number of carbonyl (C=O) groups is 1. The summed E-state index contributed by atoms with van der Waals surface area (Å²) in [6.07, 6.45) is 1.53. The maximum atomic E-state index is 12.3. The molecule has 22 heavy (non-hydrogen) atoms. The summed E-state index contributed by atoms with van der Waals surface area (Å²) in [6, 6.07) is 7.73. The van der Waals surface area contributed by atoms with Crippen LogP contribution in [-0.2, 0) is 0 Å². The number of benzene rings is 1. The number of nitrogens with zero attached hydrogens (tertiary/aromatic N) is 2. The van der Waals surface area contributed by atoms with Gasteiger partial charge >= 0.3 is 0 Å². The molecule has 0 radical (unpaired) electrons. The summed E-state index contributed by atoms with van der Waals surface area (Å²) >= 11 is 0. The van der Waals surface area contributed by atoms with Crippen LogP contribution in [0.2, 0.25) is 0 Å². The quantitative estimate of drug-likeness (QED) is 0.676. The predicted molar refractivity (Wildman–Crippen MR) is 81.2 cm³/mol. The molecule has 0 saturated carbocycles. The van der Waals surface area contributed by atoms with Crippen molar-refractivity contribution in [1.29, 1.82) is 0 Å². The van der Waals surface area contributed by atoms with Crippen LogP contribution in [0.25, 0.3) is 0 Å². The van der Waals surface area contributed by atoms with Gasteiger partial charge in [-0.05, 0) is 32.0 Å². The number of nitrogens with one attached hydrogen (secondary N) is 1. The minimum absolute atomic E-state index is 0.0472. The molecule has 1 N–H and O–H groups in total. The molecule has 2 aromatic rings. The highest BCUT2D eigenvalue weighted by atomic mass is 16.6. The molecule has 0 saturated heterocycles. The van der Waals surface area contributed by atoms with E-state index in [1.54, 1.807) is 32.0 Å². The first-order chi connectivity index (χ1) is 10.5. The number of carbonyl (C=O) groups excluding carboxylic acids is 1. The van der Waals surface area contributed by atoms with Crippen LogP contribution in [0.15, 0.2) is 36.5 Å². The maximum Gasteiger partial charge on any atom is 0.274 e. The van der Waals surface area contributed by atoms with E-state index >= 15 is 0 Å². The van der Waals surface area contributed by atoms with Crippen LogP contribution < -0.4 is 10.1 Å². The molecule has 114 valence electrons. The average Bonchev–Trinajstić information content (AvgIpc) is 2.50. The summed E-state index contributed by atoms with van der Waals surface area (Å²) in [5, 5.41) is 13.6. The summed E-state index contributed by atoms with van der Waals surface area (Å²) in [7, 11) is 0. The molecule has 0 unspecified atom stereocenters. The van der Waals surface area contributed by atoms with Gasteiger partial charge in [-0.25, -0.2) is 4.98 Å². The Labute approximate surface area is 127 Å².